The third-order valence-corrected chi connectivity index (χ3v) is 7.81. The van der Waals surface area contributed by atoms with Gasteiger partial charge in [0.25, 0.3) is 0 Å². The van der Waals surface area contributed by atoms with Crippen LogP contribution >= 0.6 is 12.4 Å². The van der Waals surface area contributed by atoms with Gasteiger partial charge in [-0.1, -0.05) is 12.1 Å². The second kappa shape index (κ2) is 9.77. The molecule has 2 fully saturated rings. The van der Waals surface area contributed by atoms with Gasteiger partial charge in [0.15, 0.2) is 5.58 Å². The number of carboxylic acid groups (broad SMARTS) is 1. The monoisotopic (exact) mass is 523 g/mol. The van der Waals surface area contributed by atoms with Crippen molar-refractivity contribution in [2.24, 2.45) is 5.92 Å². The molecule has 2 saturated heterocycles. The maximum atomic E-state index is 11.3. The van der Waals surface area contributed by atoms with Crippen LogP contribution in [0.2, 0.25) is 0 Å². The van der Waals surface area contributed by atoms with E-state index in [0.29, 0.717) is 48.6 Å². The van der Waals surface area contributed by atoms with Gasteiger partial charge in [0, 0.05) is 18.7 Å². The molecule has 0 spiro atoms. The van der Waals surface area contributed by atoms with Gasteiger partial charge in [-0.15, -0.1) is 12.4 Å². The number of benzene rings is 2. The number of hydrogen-bond acceptors (Lipinski definition) is 7. The van der Waals surface area contributed by atoms with Gasteiger partial charge in [0.05, 0.1) is 22.7 Å². The largest absolute Gasteiger partial charge is 0.495 e. The molecule has 0 aliphatic carbocycles. The first kappa shape index (κ1) is 27.1. The molecule has 0 saturated carbocycles. The van der Waals surface area contributed by atoms with Crippen LogP contribution in [-0.4, -0.2) is 52.4 Å². The molecule has 194 valence electrons. The molecule has 2 aliphatic heterocycles. The van der Waals surface area contributed by atoms with E-state index in [1.807, 2.05) is 58.9 Å². The minimum absolute atomic E-state index is 0. The molecule has 1 aromatic heterocycles. The maximum absolute atomic E-state index is 11.3. The Hall–Kier alpha value is -2.90. The van der Waals surface area contributed by atoms with Crippen LogP contribution in [0.3, 0.4) is 0 Å². The number of carbonyl (C=O) groups is 1. The number of nitriles is 1. The number of nitrogens with zero attached hydrogens (tertiary/aromatic N) is 3. The molecule has 3 heterocycles. The summed E-state index contributed by atoms with van der Waals surface area (Å²) in [4.78, 5) is 18.1. The SMILES string of the molecule is Cc1c(B2OC(C)(C)C(C)(C)O2)cccc1-c1nc2cc(CN3CC[C@@H](C(=O)O)C3)cc(C#N)c2o1.Cl. The lowest BCUT2D eigenvalue weighted by Gasteiger charge is -2.32. The standard InChI is InChI=1S/C27H30BN3O5.ClH/c1-16-20(7-6-8-21(16)28-35-26(2,3)27(4,5)36-28)24-30-22-12-17(11-19(13-29)23(22)34-24)14-31-10-9-18(15-31)25(32)33;/h6-8,11-12,18H,9-10,14-15H2,1-5H3,(H,32,33);1H/t18-;/m1./s1. The van der Waals surface area contributed by atoms with E-state index in [4.69, 9.17) is 18.7 Å². The van der Waals surface area contributed by atoms with Crippen molar-refractivity contribution in [2.45, 2.75) is 58.8 Å². The van der Waals surface area contributed by atoms with E-state index >= 15 is 0 Å². The van der Waals surface area contributed by atoms with Crippen molar-refractivity contribution in [1.29, 1.82) is 5.26 Å². The molecule has 3 aromatic rings. The van der Waals surface area contributed by atoms with Gasteiger partial charge in [-0.25, -0.2) is 4.98 Å². The van der Waals surface area contributed by atoms with Crippen LogP contribution in [0.5, 0.6) is 0 Å². The zero-order chi connectivity index (χ0) is 25.8. The van der Waals surface area contributed by atoms with E-state index in [-0.39, 0.29) is 18.3 Å². The van der Waals surface area contributed by atoms with Gasteiger partial charge in [-0.2, -0.15) is 5.26 Å². The van der Waals surface area contributed by atoms with Crippen LogP contribution in [-0.2, 0) is 20.6 Å². The molecule has 5 rings (SSSR count). The fraction of sp³-hybridized carbons (Fsp3) is 0.444. The number of rotatable bonds is 5. The molecule has 0 radical (unpaired) electrons. The molecule has 1 atom stereocenters. The summed E-state index contributed by atoms with van der Waals surface area (Å²) in [6.45, 7) is 11.9. The van der Waals surface area contributed by atoms with Crippen LogP contribution in [0.4, 0.5) is 0 Å². The molecular weight excluding hydrogens is 493 g/mol. The molecular formula is C27H31BClN3O5. The van der Waals surface area contributed by atoms with Crippen molar-refractivity contribution in [1.82, 2.24) is 9.88 Å². The highest BCUT2D eigenvalue weighted by molar-refractivity contribution is 6.62. The summed E-state index contributed by atoms with van der Waals surface area (Å²) in [7, 11) is -0.504. The Morgan fingerprint density at radius 2 is 1.95 bits per heavy atom. The fourth-order valence-electron chi connectivity index (χ4n) is 4.93. The minimum Gasteiger partial charge on any atom is -0.481 e. The maximum Gasteiger partial charge on any atom is 0.495 e. The zero-order valence-corrected chi connectivity index (χ0v) is 22.5. The first-order valence-electron chi connectivity index (χ1n) is 12.2. The zero-order valence-electron chi connectivity index (χ0n) is 21.7. The highest BCUT2D eigenvalue weighted by Gasteiger charge is 2.52. The van der Waals surface area contributed by atoms with Crippen molar-refractivity contribution < 1.29 is 23.6 Å². The number of aliphatic carboxylic acids is 1. The van der Waals surface area contributed by atoms with Crippen LogP contribution in [0.25, 0.3) is 22.6 Å². The van der Waals surface area contributed by atoms with Crippen LogP contribution < -0.4 is 5.46 Å². The number of aromatic nitrogens is 1. The van der Waals surface area contributed by atoms with Gasteiger partial charge in [0.2, 0.25) is 5.89 Å². The summed E-state index contributed by atoms with van der Waals surface area (Å²) in [6.07, 6.45) is 0.634. The van der Waals surface area contributed by atoms with Gasteiger partial charge in [-0.05, 0) is 82.4 Å². The molecule has 2 aliphatic rings. The Balaban J connectivity index is 0.00000320. The molecule has 8 nitrogen and oxygen atoms in total. The highest BCUT2D eigenvalue weighted by atomic mass is 35.5. The van der Waals surface area contributed by atoms with Gasteiger partial charge >= 0.3 is 13.1 Å². The summed E-state index contributed by atoms with van der Waals surface area (Å²) >= 11 is 0. The molecule has 0 bridgehead atoms. The Bertz CT molecular complexity index is 1380. The highest BCUT2D eigenvalue weighted by Crippen LogP contribution is 2.37. The molecule has 10 heteroatoms. The van der Waals surface area contributed by atoms with Crippen LogP contribution in [0.1, 0.15) is 50.8 Å². The van der Waals surface area contributed by atoms with Crippen LogP contribution in [0.15, 0.2) is 34.7 Å². The first-order valence-corrected chi connectivity index (χ1v) is 12.2. The van der Waals surface area contributed by atoms with Gasteiger partial charge < -0.3 is 18.8 Å². The van der Waals surface area contributed by atoms with E-state index in [1.165, 1.54) is 0 Å². The van der Waals surface area contributed by atoms with E-state index in [2.05, 4.69) is 11.0 Å². The van der Waals surface area contributed by atoms with Crippen molar-refractivity contribution in [3.8, 4) is 17.5 Å². The number of carboxylic acids is 1. The number of halogens is 1. The first-order chi connectivity index (χ1) is 17.0. The van der Waals surface area contributed by atoms with Crippen molar-refractivity contribution in [3.05, 3.63) is 47.0 Å². The Labute approximate surface area is 223 Å². The normalized spacial score (nSPS) is 20.6. The van der Waals surface area contributed by atoms with Crippen molar-refractivity contribution in [2.75, 3.05) is 13.1 Å². The Kier molecular flexibility index (Phi) is 7.17. The molecule has 0 unspecified atom stereocenters. The van der Waals surface area contributed by atoms with E-state index in [1.54, 1.807) is 6.07 Å². The summed E-state index contributed by atoms with van der Waals surface area (Å²) in [6, 6.07) is 11.8. The summed E-state index contributed by atoms with van der Waals surface area (Å²) in [5, 5.41) is 19.1. The molecule has 0 amide bonds. The number of hydrogen-bond donors (Lipinski definition) is 1. The average molecular weight is 524 g/mol. The molecule has 1 N–H and O–H groups in total. The van der Waals surface area contributed by atoms with Crippen molar-refractivity contribution >= 4 is 42.1 Å². The minimum atomic E-state index is -0.759. The molecule has 37 heavy (non-hydrogen) atoms. The lowest BCUT2D eigenvalue weighted by Crippen LogP contribution is -2.41. The third-order valence-electron chi connectivity index (χ3n) is 7.81. The predicted octanol–water partition coefficient (Wildman–Crippen LogP) is 4.30. The predicted molar refractivity (Wildman–Crippen MR) is 143 cm³/mol. The third kappa shape index (κ3) is 4.87. The summed E-state index contributed by atoms with van der Waals surface area (Å²) in [5.74, 6) is -0.673. The van der Waals surface area contributed by atoms with Crippen molar-refractivity contribution in [3.63, 3.8) is 0 Å². The topological polar surface area (TPSA) is 109 Å². The van der Waals surface area contributed by atoms with Gasteiger partial charge in [0.1, 0.15) is 11.6 Å². The fourth-order valence-corrected chi connectivity index (χ4v) is 4.93. The quantitative estimate of drug-likeness (QED) is 0.493. The molecule has 2 aromatic carbocycles. The number of likely N-dealkylation sites (tertiary alicyclic amines) is 1. The second-order valence-electron chi connectivity index (χ2n) is 10.8. The smallest absolute Gasteiger partial charge is 0.481 e. The lowest BCUT2D eigenvalue weighted by molar-refractivity contribution is -0.141. The summed E-state index contributed by atoms with van der Waals surface area (Å²) in [5.41, 5.74) is 4.14. The number of fused-ring (bicyclic) bond motifs is 1. The second-order valence-corrected chi connectivity index (χ2v) is 10.8. The van der Waals surface area contributed by atoms with E-state index in [9.17, 15) is 15.2 Å². The van der Waals surface area contributed by atoms with Crippen LogP contribution in [0, 0.1) is 24.2 Å². The Morgan fingerprint density at radius 1 is 1.24 bits per heavy atom. The average Bonchev–Trinajstić information content (AvgIpc) is 3.49. The van der Waals surface area contributed by atoms with E-state index in [0.717, 1.165) is 22.2 Å². The summed E-state index contributed by atoms with van der Waals surface area (Å²) < 4.78 is 18.6. The van der Waals surface area contributed by atoms with E-state index < -0.39 is 24.3 Å². The number of oxazole rings is 1. The van der Waals surface area contributed by atoms with Gasteiger partial charge in [-0.3, -0.25) is 9.69 Å². The Morgan fingerprint density at radius 3 is 2.57 bits per heavy atom. The lowest BCUT2D eigenvalue weighted by atomic mass is 9.75.